The van der Waals surface area contributed by atoms with E-state index in [-0.39, 0.29) is 23.7 Å². The highest BCUT2D eigenvalue weighted by Crippen LogP contribution is 2.36. The van der Waals surface area contributed by atoms with Crippen molar-refractivity contribution in [1.29, 1.82) is 0 Å². The first kappa shape index (κ1) is 16.7. The number of carbonyl (C=O) groups is 1. The van der Waals surface area contributed by atoms with Crippen LogP contribution in [-0.2, 0) is 4.79 Å². The second-order valence-corrected chi connectivity index (χ2v) is 5.06. The molecule has 102 valence electrons. The molecule has 0 spiro atoms. The molecule has 2 atom stereocenters. The van der Waals surface area contributed by atoms with Gasteiger partial charge in [-0.05, 0) is 31.6 Å². The number of hydrogen-bond donors (Lipinski definition) is 2. The van der Waals surface area contributed by atoms with E-state index in [9.17, 15) is 4.79 Å². The summed E-state index contributed by atoms with van der Waals surface area (Å²) in [7, 11) is 0. The van der Waals surface area contributed by atoms with Crippen molar-refractivity contribution in [2.45, 2.75) is 58.9 Å². The normalized spacial score (nSPS) is 22.8. The third-order valence-electron chi connectivity index (χ3n) is 4.12. The second-order valence-electron chi connectivity index (χ2n) is 5.06. The molecule has 1 amide bonds. The highest BCUT2D eigenvalue weighted by molar-refractivity contribution is 5.85. The lowest BCUT2D eigenvalue weighted by Crippen LogP contribution is -2.46. The van der Waals surface area contributed by atoms with E-state index in [0.29, 0.717) is 12.6 Å². The number of rotatable bonds is 7. The number of nitrogens with two attached hydrogens (primary N) is 1. The maximum atomic E-state index is 12.2. The van der Waals surface area contributed by atoms with Gasteiger partial charge in [0.05, 0.1) is 5.41 Å². The molecule has 1 saturated carbocycles. The predicted molar refractivity (Wildman–Crippen MR) is 74.3 cm³/mol. The molecule has 0 aromatic carbocycles. The summed E-state index contributed by atoms with van der Waals surface area (Å²) < 4.78 is 0. The van der Waals surface area contributed by atoms with Crippen molar-refractivity contribution in [3.8, 4) is 0 Å². The van der Waals surface area contributed by atoms with Crippen molar-refractivity contribution in [2.24, 2.45) is 17.1 Å². The van der Waals surface area contributed by atoms with Gasteiger partial charge >= 0.3 is 0 Å². The molecule has 0 aromatic rings. The van der Waals surface area contributed by atoms with Gasteiger partial charge in [0.2, 0.25) is 5.91 Å². The molecule has 1 aliphatic carbocycles. The van der Waals surface area contributed by atoms with E-state index in [2.05, 4.69) is 12.2 Å². The zero-order chi connectivity index (χ0) is 12.2. The Labute approximate surface area is 111 Å². The minimum absolute atomic E-state index is 0. The van der Waals surface area contributed by atoms with E-state index in [1.807, 2.05) is 13.8 Å². The van der Waals surface area contributed by atoms with Gasteiger partial charge in [-0.15, -0.1) is 12.4 Å². The van der Waals surface area contributed by atoms with Gasteiger partial charge in [0.1, 0.15) is 0 Å². The van der Waals surface area contributed by atoms with Crippen LogP contribution in [0.1, 0.15) is 52.9 Å². The smallest absolute Gasteiger partial charge is 0.227 e. The number of carbonyl (C=O) groups excluding carboxylic acids is 1. The average molecular weight is 263 g/mol. The molecule has 3 N–H and O–H groups in total. The fourth-order valence-corrected chi connectivity index (χ4v) is 2.39. The molecular formula is C13H27ClN2O. The Kier molecular flexibility index (Phi) is 7.10. The topological polar surface area (TPSA) is 55.1 Å². The predicted octanol–water partition coefficient (Wildman–Crippen LogP) is 2.48. The lowest BCUT2D eigenvalue weighted by molar-refractivity contribution is -0.131. The van der Waals surface area contributed by atoms with Crippen LogP contribution in [0, 0.1) is 11.3 Å². The Balaban J connectivity index is 0.00000256. The zero-order valence-corrected chi connectivity index (χ0v) is 12.1. The van der Waals surface area contributed by atoms with Crippen LogP contribution in [0.2, 0.25) is 0 Å². The Morgan fingerprint density at radius 3 is 2.35 bits per heavy atom. The Morgan fingerprint density at radius 1 is 1.35 bits per heavy atom. The van der Waals surface area contributed by atoms with E-state index in [1.165, 1.54) is 12.8 Å². The summed E-state index contributed by atoms with van der Waals surface area (Å²) in [6.45, 7) is 6.75. The monoisotopic (exact) mass is 262 g/mol. The van der Waals surface area contributed by atoms with Gasteiger partial charge in [-0.2, -0.15) is 0 Å². The summed E-state index contributed by atoms with van der Waals surface area (Å²) in [5, 5.41) is 3.16. The molecule has 0 aliphatic heterocycles. The van der Waals surface area contributed by atoms with Gasteiger partial charge in [-0.1, -0.05) is 27.2 Å². The molecular weight excluding hydrogens is 236 g/mol. The lowest BCUT2D eigenvalue weighted by atomic mass is 9.81. The quantitative estimate of drug-likeness (QED) is 0.741. The molecule has 4 heteroatoms. The first-order valence-corrected chi connectivity index (χ1v) is 6.64. The van der Waals surface area contributed by atoms with E-state index in [4.69, 9.17) is 5.73 Å². The molecule has 1 fully saturated rings. The largest absolute Gasteiger partial charge is 0.353 e. The van der Waals surface area contributed by atoms with Crippen LogP contribution in [0.4, 0.5) is 0 Å². The summed E-state index contributed by atoms with van der Waals surface area (Å²) in [5.74, 6) is 0.890. The van der Waals surface area contributed by atoms with Crippen molar-refractivity contribution in [1.82, 2.24) is 5.32 Å². The minimum Gasteiger partial charge on any atom is -0.353 e. The summed E-state index contributed by atoms with van der Waals surface area (Å²) >= 11 is 0. The van der Waals surface area contributed by atoms with E-state index in [0.717, 1.165) is 25.2 Å². The molecule has 17 heavy (non-hydrogen) atoms. The van der Waals surface area contributed by atoms with Crippen LogP contribution in [0.15, 0.2) is 0 Å². The van der Waals surface area contributed by atoms with Gasteiger partial charge in [-0.3, -0.25) is 4.79 Å². The highest BCUT2D eigenvalue weighted by atomic mass is 35.5. The molecule has 2 unspecified atom stereocenters. The third-order valence-corrected chi connectivity index (χ3v) is 4.12. The molecule has 0 saturated heterocycles. The van der Waals surface area contributed by atoms with E-state index >= 15 is 0 Å². The summed E-state index contributed by atoms with van der Waals surface area (Å²) in [4.78, 5) is 12.2. The molecule has 1 aliphatic rings. The Bertz CT molecular complexity index is 233. The molecule has 1 rings (SSSR count). The fourth-order valence-electron chi connectivity index (χ4n) is 2.39. The van der Waals surface area contributed by atoms with Crippen LogP contribution < -0.4 is 11.1 Å². The van der Waals surface area contributed by atoms with Crippen molar-refractivity contribution in [3.63, 3.8) is 0 Å². The molecule has 0 radical (unpaired) electrons. The van der Waals surface area contributed by atoms with Crippen molar-refractivity contribution in [2.75, 3.05) is 6.54 Å². The Morgan fingerprint density at radius 2 is 1.94 bits per heavy atom. The standard InChI is InChI=1S/C13H26N2O.ClH/c1-4-7-10-8-11(10)15-12(16)13(5-2,6-3)9-14;/h10-11H,4-9,14H2,1-3H3,(H,15,16);1H. The van der Waals surface area contributed by atoms with E-state index in [1.54, 1.807) is 0 Å². The lowest BCUT2D eigenvalue weighted by Gasteiger charge is -2.28. The number of nitrogens with one attached hydrogen (secondary N) is 1. The molecule has 3 nitrogen and oxygen atoms in total. The van der Waals surface area contributed by atoms with Crippen LogP contribution in [-0.4, -0.2) is 18.5 Å². The zero-order valence-electron chi connectivity index (χ0n) is 11.3. The summed E-state index contributed by atoms with van der Waals surface area (Å²) in [6.07, 6.45) is 5.26. The van der Waals surface area contributed by atoms with Gasteiger partial charge < -0.3 is 11.1 Å². The van der Waals surface area contributed by atoms with Crippen molar-refractivity contribution >= 4 is 18.3 Å². The van der Waals surface area contributed by atoms with Crippen LogP contribution in [0.25, 0.3) is 0 Å². The van der Waals surface area contributed by atoms with Crippen molar-refractivity contribution in [3.05, 3.63) is 0 Å². The average Bonchev–Trinajstić information content (AvgIpc) is 3.00. The van der Waals surface area contributed by atoms with Gasteiger partial charge in [0, 0.05) is 12.6 Å². The molecule has 0 aromatic heterocycles. The minimum atomic E-state index is -0.334. The third kappa shape index (κ3) is 3.85. The summed E-state index contributed by atoms with van der Waals surface area (Å²) in [5.41, 5.74) is 5.42. The van der Waals surface area contributed by atoms with Crippen LogP contribution in [0.3, 0.4) is 0 Å². The maximum Gasteiger partial charge on any atom is 0.227 e. The van der Waals surface area contributed by atoms with Crippen molar-refractivity contribution < 1.29 is 4.79 Å². The summed E-state index contributed by atoms with van der Waals surface area (Å²) in [6, 6.07) is 0.427. The number of amides is 1. The van der Waals surface area contributed by atoms with Crippen LogP contribution in [0.5, 0.6) is 0 Å². The second kappa shape index (κ2) is 7.22. The van der Waals surface area contributed by atoms with Gasteiger partial charge in [0.25, 0.3) is 0 Å². The maximum absolute atomic E-state index is 12.2. The highest BCUT2D eigenvalue weighted by Gasteiger charge is 2.41. The fraction of sp³-hybridized carbons (Fsp3) is 0.923. The first-order chi connectivity index (χ1) is 7.63. The molecule has 0 heterocycles. The number of hydrogen-bond acceptors (Lipinski definition) is 2. The van der Waals surface area contributed by atoms with E-state index < -0.39 is 0 Å². The van der Waals surface area contributed by atoms with Gasteiger partial charge in [-0.25, -0.2) is 0 Å². The SMILES string of the molecule is CCCC1CC1NC(=O)C(CC)(CC)CN.Cl. The number of halogens is 1. The van der Waals surface area contributed by atoms with Crippen LogP contribution >= 0.6 is 12.4 Å². The molecule has 0 bridgehead atoms. The Hall–Kier alpha value is -0.280. The van der Waals surface area contributed by atoms with Gasteiger partial charge in [0.15, 0.2) is 0 Å². The first-order valence-electron chi connectivity index (χ1n) is 6.64.